The van der Waals surface area contributed by atoms with E-state index in [4.69, 9.17) is 0 Å². The predicted molar refractivity (Wildman–Crippen MR) is 110 cm³/mol. The predicted octanol–water partition coefficient (Wildman–Crippen LogP) is 3.59. The van der Waals surface area contributed by atoms with Crippen molar-refractivity contribution >= 4 is 5.69 Å². The molecule has 1 atom stereocenters. The van der Waals surface area contributed by atoms with Crippen molar-refractivity contribution in [3.05, 3.63) is 102 Å². The number of hydrogen-bond acceptors (Lipinski definition) is 1. The number of pyridine rings is 2. The van der Waals surface area contributed by atoms with Gasteiger partial charge in [-0.05, 0) is 42.5 Å². The number of benzene rings is 2. The number of hydrogen-bond donors (Lipinski definition) is 0. The summed E-state index contributed by atoms with van der Waals surface area (Å²) in [4.78, 5) is 2.17. The van der Waals surface area contributed by atoms with Crippen molar-refractivity contribution in [2.75, 3.05) is 19.0 Å². The third-order valence-electron chi connectivity index (χ3n) is 6.17. The van der Waals surface area contributed by atoms with E-state index in [1.165, 1.54) is 39.3 Å². The fraction of sp³-hybridized carbons (Fsp3) is 0.120. The van der Waals surface area contributed by atoms with Gasteiger partial charge < -0.3 is 4.90 Å². The van der Waals surface area contributed by atoms with Crippen LogP contribution in [0.2, 0.25) is 0 Å². The lowest BCUT2D eigenvalue weighted by atomic mass is 9.89. The molecule has 3 nitrogen and oxygen atoms in total. The number of rotatable bonds is 1. The Labute approximate surface area is 164 Å². The molecule has 0 aliphatic carbocycles. The number of anilines is 1. The minimum absolute atomic E-state index is 0.385. The van der Waals surface area contributed by atoms with Gasteiger partial charge in [-0.1, -0.05) is 12.1 Å². The summed E-state index contributed by atoms with van der Waals surface area (Å²) < 4.78 is 4.87. The van der Waals surface area contributed by atoms with Gasteiger partial charge in [-0.15, -0.1) is 9.13 Å². The molecule has 0 amide bonds. The van der Waals surface area contributed by atoms with Crippen molar-refractivity contribution in [2.24, 2.45) is 0 Å². The first-order valence-electron chi connectivity index (χ1n) is 9.67. The van der Waals surface area contributed by atoms with Crippen LogP contribution in [0.25, 0.3) is 22.5 Å². The zero-order valence-electron chi connectivity index (χ0n) is 16.0. The highest BCUT2D eigenvalue weighted by Gasteiger charge is 2.66. The molecule has 0 bridgehead atoms. The van der Waals surface area contributed by atoms with E-state index < -0.39 is 0 Å². The lowest BCUT2D eigenvalue weighted by molar-refractivity contribution is -0.955. The Bertz CT molecular complexity index is 1210. The molecule has 0 saturated carbocycles. The molecule has 1 spiro atoms. The normalized spacial score (nSPS) is 17.8. The minimum Gasteiger partial charge on any atom is -0.378 e. The Kier molecular flexibility index (Phi) is 2.95. The highest BCUT2D eigenvalue weighted by molar-refractivity contribution is 5.75. The second-order valence-corrected chi connectivity index (χ2v) is 7.75. The largest absolute Gasteiger partial charge is 0.417 e. The van der Waals surface area contributed by atoms with Gasteiger partial charge in [0.25, 0.3) is 0 Å². The van der Waals surface area contributed by atoms with Crippen LogP contribution in [0.5, 0.6) is 0 Å². The van der Waals surface area contributed by atoms with E-state index >= 15 is 0 Å². The molecule has 6 rings (SSSR count). The van der Waals surface area contributed by atoms with E-state index in [9.17, 15) is 0 Å². The average molecular weight is 363 g/mol. The van der Waals surface area contributed by atoms with Gasteiger partial charge in [-0.3, -0.25) is 0 Å². The maximum atomic E-state index is 2.44. The summed E-state index contributed by atoms with van der Waals surface area (Å²) in [6.07, 6.45) is 4.44. The van der Waals surface area contributed by atoms with Crippen molar-refractivity contribution in [3.8, 4) is 22.5 Å². The van der Waals surface area contributed by atoms with Crippen molar-refractivity contribution < 1.29 is 9.13 Å². The van der Waals surface area contributed by atoms with Gasteiger partial charge in [-0.25, -0.2) is 0 Å². The van der Waals surface area contributed by atoms with E-state index in [1.807, 2.05) is 0 Å². The van der Waals surface area contributed by atoms with Gasteiger partial charge in [0.15, 0.2) is 12.4 Å². The maximum absolute atomic E-state index is 2.44. The molecule has 0 fully saturated rings. The first kappa shape index (κ1) is 15.6. The van der Waals surface area contributed by atoms with E-state index in [2.05, 4.69) is 119 Å². The molecule has 28 heavy (non-hydrogen) atoms. The smallest absolute Gasteiger partial charge is 0.378 e. The van der Waals surface area contributed by atoms with Gasteiger partial charge in [0, 0.05) is 44.0 Å². The maximum Gasteiger partial charge on any atom is 0.417 e. The van der Waals surface area contributed by atoms with Crippen LogP contribution in [0, 0.1) is 0 Å². The summed E-state index contributed by atoms with van der Waals surface area (Å²) in [6, 6.07) is 28.7. The van der Waals surface area contributed by atoms with Crippen molar-refractivity contribution in [1.82, 2.24) is 0 Å². The fourth-order valence-electron chi connectivity index (χ4n) is 5.01. The van der Waals surface area contributed by atoms with Crippen LogP contribution in [0.15, 0.2) is 91.3 Å². The summed E-state index contributed by atoms with van der Waals surface area (Å²) in [6.45, 7) is 0. The Morgan fingerprint density at radius 1 is 0.643 bits per heavy atom. The minimum atomic E-state index is -0.385. The molecule has 2 aromatic heterocycles. The van der Waals surface area contributed by atoms with E-state index in [0.29, 0.717) is 0 Å². The van der Waals surface area contributed by atoms with Crippen molar-refractivity contribution in [3.63, 3.8) is 0 Å². The Balaban J connectivity index is 1.81. The van der Waals surface area contributed by atoms with Crippen LogP contribution in [-0.2, 0) is 5.66 Å². The topological polar surface area (TPSA) is 11.0 Å². The molecule has 2 aliphatic rings. The van der Waals surface area contributed by atoms with Crippen molar-refractivity contribution in [2.45, 2.75) is 5.66 Å². The summed E-state index contributed by atoms with van der Waals surface area (Å²) in [5.74, 6) is 0. The van der Waals surface area contributed by atoms with E-state index in [-0.39, 0.29) is 5.66 Å². The molecule has 2 aromatic carbocycles. The van der Waals surface area contributed by atoms with Crippen molar-refractivity contribution in [1.29, 1.82) is 0 Å². The lowest BCUT2D eigenvalue weighted by Crippen LogP contribution is -2.71. The average Bonchev–Trinajstić information content (AvgIpc) is 3.21. The molecule has 0 saturated heterocycles. The molecule has 0 N–H and O–H groups in total. The van der Waals surface area contributed by atoms with Crippen LogP contribution in [0.4, 0.5) is 5.69 Å². The molecule has 134 valence electrons. The molecule has 3 heteroatoms. The fourth-order valence-corrected chi connectivity index (χ4v) is 5.01. The van der Waals surface area contributed by atoms with Crippen LogP contribution in [0.1, 0.15) is 11.1 Å². The summed E-state index contributed by atoms with van der Waals surface area (Å²) in [5, 5.41) is 0. The second-order valence-electron chi connectivity index (χ2n) is 7.75. The second kappa shape index (κ2) is 5.29. The van der Waals surface area contributed by atoms with Crippen LogP contribution < -0.4 is 14.0 Å². The van der Waals surface area contributed by atoms with Gasteiger partial charge in [0.1, 0.15) is 11.1 Å². The Morgan fingerprint density at radius 2 is 1.25 bits per heavy atom. The summed E-state index contributed by atoms with van der Waals surface area (Å²) >= 11 is 0. The highest BCUT2D eigenvalue weighted by Crippen LogP contribution is 2.47. The summed E-state index contributed by atoms with van der Waals surface area (Å²) in [7, 11) is 4.20. The summed E-state index contributed by atoms with van der Waals surface area (Å²) in [5.41, 5.74) is 8.59. The quantitative estimate of drug-likeness (QED) is 0.406. The zero-order chi connectivity index (χ0) is 18.9. The Hall–Kier alpha value is -3.46. The standard InChI is InChI=1S/C25H21N3/c1-26(2)18-13-14-22-20(17-18)24-12-6-8-16-28(24)25(22)21-10-4-3-9-19(21)23-11-5-7-15-27(23)25/h3-17H,1-2H3/q+2. The molecule has 2 aliphatic heterocycles. The SMILES string of the molecule is CN(C)c1ccc2c(c1)-c1cccc[n+]1C21c2ccccc2-c2cccc[n+]21. The van der Waals surface area contributed by atoms with Gasteiger partial charge in [0.05, 0.1) is 11.1 Å². The number of fused-ring (bicyclic) bond motifs is 10. The highest BCUT2D eigenvalue weighted by atomic mass is 15.3. The number of aromatic nitrogens is 2. The van der Waals surface area contributed by atoms with Gasteiger partial charge in [-0.2, -0.15) is 0 Å². The lowest BCUT2D eigenvalue weighted by Gasteiger charge is -2.18. The zero-order valence-corrected chi connectivity index (χ0v) is 16.0. The Morgan fingerprint density at radius 3 is 1.96 bits per heavy atom. The monoisotopic (exact) mass is 363 g/mol. The third kappa shape index (κ3) is 1.70. The first-order valence-corrected chi connectivity index (χ1v) is 9.67. The molecular formula is C25H21N3+2. The number of nitrogens with zero attached hydrogens (tertiary/aromatic N) is 3. The molecular weight excluding hydrogens is 342 g/mol. The van der Waals surface area contributed by atoms with Crippen LogP contribution >= 0.6 is 0 Å². The molecule has 4 heterocycles. The van der Waals surface area contributed by atoms with E-state index in [0.717, 1.165) is 0 Å². The molecule has 1 unspecified atom stereocenters. The third-order valence-corrected chi connectivity index (χ3v) is 6.17. The van der Waals surface area contributed by atoms with Crippen LogP contribution in [-0.4, -0.2) is 14.1 Å². The van der Waals surface area contributed by atoms with Crippen LogP contribution in [0.3, 0.4) is 0 Å². The van der Waals surface area contributed by atoms with E-state index in [1.54, 1.807) is 0 Å². The first-order chi connectivity index (χ1) is 13.7. The molecule has 4 aromatic rings. The van der Waals surface area contributed by atoms with Gasteiger partial charge >= 0.3 is 5.66 Å². The van der Waals surface area contributed by atoms with Gasteiger partial charge in [0.2, 0.25) is 11.4 Å². The molecule has 0 radical (unpaired) electrons.